The zero-order chi connectivity index (χ0) is 23.2. The number of hydrazone groups is 1. The molecule has 0 bridgehead atoms. The van der Waals surface area contributed by atoms with Gasteiger partial charge in [-0.3, -0.25) is 4.99 Å². The van der Waals surface area contributed by atoms with Crippen LogP contribution in [0.1, 0.15) is 49.7 Å². The number of piperidine rings is 1. The van der Waals surface area contributed by atoms with Crippen LogP contribution in [-0.2, 0) is 11.2 Å². The van der Waals surface area contributed by atoms with Gasteiger partial charge >= 0.3 is 6.01 Å². The largest absolute Gasteiger partial charge is 0.481 e. The smallest absolute Gasteiger partial charge is 0.324 e. The maximum absolute atomic E-state index is 6.29. The molecule has 0 atom stereocenters. The summed E-state index contributed by atoms with van der Waals surface area (Å²) in [6.45, 7) is 8.12. The Kier molecular flexibility index (Phi) is 7.21. The van der Waals surface area contributed by atoms with Crippen LogP contribution in [0.4, 0.5) is 6.01 Å². The number of allylic oxidation sites excluding steroid dienone is 1. The minimum Gasteiger partial charge on any atom is -0.481 e. The minimum atomic E-state index is 0.0947. The van der Waals surface area contributed by atoms with E-state index >= 15 is 0 Å². The third kappa shape index (κ3) is 5.68. The molecule has 10 nitrogen and oxygen atoms in total. The van der Waals surface area contributed by atoms with Crippen molar-refractivity contribution in [1.82, 2.24) is 20.1 Å². The molecule has 33 heavy (non-hydrogen) atoms. The number of nitrogens with zero attached hydrogens (tertiary/aromatic N) is 7. The molecule has 4 heterocycles. The number of methoxy groups -OCH3 is 1. The van der Waals surface area contributed by atoms with Crippen LogP contribution in [-0.4, -0.2) is 65.5 Å². The average molecular weight is 454 g/mol. The molecule has 0 N–H and O–H groups in total. The van der Waals surface area contributed by atoms with E-state index in [2.05, 4.69) is 44.0 Å². The summed E-state index contributed by atoms with van der Waals surface area (Å²) in [7, 11) is 1.62. The van der Waals surface area contributed by atoms with E-state index in [-0.39, 0.29) is 12.0 Å². The molecule has 4 rings (SSSR count). The molecule has 0 radical (unpaired) electrons. The number of aliphatic imine (C=N–C) groups is 1. The molecular weight excluding hydrogens is 422 g/mol. The number of aryl methyl sites for hydroxylation is 1. The van der Waals surface area contributed by atoms with Crippen molar-refractivity contribution in [2.75, 3.05) is 31.8 Å². The van der Waals surface area contributed by atoms with Crippen LogP contribution in [0, 0.1) is 6.92 Å². The standard InChI is InChI=1S/C23H31N7O3/c1-16(2)22-27-23(33-28-22)29-13-9-19(10-14-29)32-21-8-11-24-15-30(21)25-12-7-18-5-6-20(31-4)26-17(18)3/h5-6,8,11-12,16,19H,7,9-10,13-15H2,1-4H3/b25-12-. The van der Waals surface area contributed by atoms with Crippen LogP contribution in [0.15, 0.2) is 38.7 Å². The van der Waals surface area contributed by atoms with Crippen molar-refractivity contribution in [3.8, 4) is 5.88 Å². The second kappa shape index (κ2) is 10.5. The number of hydrogen-bond acceptors (Lipinski definition) is 10. The van der Waals surface area contributed by atoms with Crippen LogP contribution in [0.3, 0.4) is 0 Å². The lowest BCUT2D eigenvalue weighted by atomic mass is 10.1. The van der Waals surface area contributed by atoms with Gasteiger partial charge in [0.15, 0.2) is 5.82 Å². The summed E-state index contributed by atoms with van der Waals surface area (Å²) < 4.78 is 16.9. The van der Waals surface area contributed by atoms with Crippen molar-refractivity contribution in [2.24, 2.45) is 10.1 Å². The van der Waals surface area contributed by atoms with Gasteiger partial charge in [-0.2, -0.15) is 10.1 Å². The van der Waals surface area contributed by atoms with Crippen LogP contribution >= 0.6 is 0 Å². The molecule has 1 fully saturated rings. The zero-order valence-electron chi connectivity index (χ0n) is 19.6. The molecule has 2 aromatic heterocycles. The first kappa shape index (κ1) is 22.8. The minimum absolute atomic E-state index is 0.0947. The van der Waals surface area contributed by atoms with Gasteiger partial charge in [0.1, 0.15) is 12.8 Å². The molecule has 1 saturated heterocycles. The molecule has 0 unspecified atom stereocenters. The Balaban J connectivity index is 1.30. The lowest BCUT2D eigenvalue weighted by molar-refractivity contribution is 0.0369. The van der Waals surface area contributed by atoms with Gasteiger partial charge in [0.25, 0.3) is 0 Å². The summed E-state index contributed by atoms with van der Waals surface area (Å²) >= 11 is 0. The van der Waals surface area contributed by atoms with Crippen molar-refractivity contribution in [3.05, 3.63) is 41.2 Å². The summed E-state index contributed by atoms with van der Waals surface area (Å²) in [5.74, 6) is 2.32. The third-order valence-electron chi connectivity index (χ3n) is 5.65. The van der Waals surface area contributed by atoms with Gasteiger partial charge in [0, 0.05) is 68.5 Å². The molecule has 0 aromatic carbocycles. The molecule has 0 spiro atoms. The Bertz CT molecular complexity index is 1020. The Hall–Kier alpha value is -3.43. The Morgan fingerprint density at radius 1 is 1.24 bits per heavy atom. The van der Waals surface area contributed by atoms with Gasteiger partial charge in [-0.1, -0.05) is 25.1 Å². The second-order valence-corrected chi connectivity index (χ2v) is 8.37. The fraction of sp³-hybridized carbons (Fsp3) is 0.522. The Morgan fingerprint density at radius 3 is 2.76 bits per heavy atom. The van der Waals surface area contributed by atoms with E-state index in [1.807, 2.05) is 31.3 Å². The molecule has 2 aliphatic heterocycles. The van der Waals surface area contributed by atoms with Crippen molar-refractivity contribution >= 4 is 18.4 Å². The van der Waals surface area contributed by atoms with Crippen molar-refractivity contribution in [3.63, 3.8) is 0 Å². The number of anilines is 1. The molecule has 10 heteroatoms. The Labute approximate surface area is 194 Å². The zero-order valence-corrected chi connectivity index (χ0v) is 19.6. The van der Waals surface area contributed by atoms with Gasteiger partial charge in [0.05, 0.1) is 7.11 Å². The first-order valence-electron chi connectivity index (χ1n) is 11.3. The van der Waals surface area contributed by atoms with Crippen molar-refractivity contribution in [1.29, 1.82) is 0 Å². The lowest BCUT2D eigenvalue weighted by Crippen LogP contribution is -2.38. The van der Waals surface area contributed by atoms with Gasteiger partial charge in [-0.05, 0) is 12.5 Å². The monoisotopic (exact) mass is 453 g/mol. The molecule has 0 amide bonds. The van der Waals surface area contributed by atoms with E-state index in [0.717, 1.165) is 43.0 Å². The first-order chi connectivity index (χ1) is 16.0. The fourth-order valence-electron chi connectivity index (χ4n) is 3.65. The van der Waals surface area contributed by atoms with E-state index in [1.54, 1.807) is 18.3 Å². The van der Waals surface area contributed by atoms with E-state index in [1.165, 1.54) is 0 Å². The van der Waals surface area contributed by atoms with Gasteiger partial charge in [-0.15, -0.1) is 0 Å². The van der Waals surface area contributed by atoms with E-state index < -0.39 is 0 Å². The molecule has 0 aliphatic carbocycles. The maximum atomic E-state index is 6.29. The highest BCUT2D eigenvalue weighted by Crippen LogP contribution is 2.24. The van der Waals surface area contributed by atoms with Crippen molar-refractivity contribution < 1.29 is 14.0 Å². The molecule has 176 valence electrons. The molecular formula is C23H31N7O3. The number of hydrogen-bond donors (Lipinski definition) is 0. The molecule has 0 saturated carbocycles. The van der Waals surface area contributed by atoms with Gasteiger partial charge < -0.3 is 18.9 Å². The second-order valence-electron chi connectivity index (χ2n) is 8.37. The summed E-state index contributed by atoms with van der Waals surface area (Å²) in [6.07, 6.45) is 7.97. The van der Waals surface area contributed by atoms with E-state index in [0.29, 0.717) is 30.9 Å². The van der Waals surface area contributed by atoms with Crippen LogP contribution in [0.2, 0.25) is 0 Å². The fourth-order valence-corrected chi connectivity index (χ4v) is 3.65. The van der Waals surface area contributed by atoms with Crippen LogP contribution in [0.25, 0.3) is 0 Å². The third-order valence-corrected chi connectivity index (χ3v) is 5.65. The average Bonchev–Trinajstić information content (AvgIpc) is 3.32. The summed E-state index contributed by atoms with van der Waals surface area (Å²) in [6, 6.07) is 4.46. The first-order valence-corrected chi connectivity index (χ1v) is 11.3. The van der Waals surface area contributed by atoms with Crippen LogP contribution in [0.5, 0.6) is 5.88 Å². The predicted octanol–water partition coefficient (Wildman–Crippen LogP) is 3.30. The highest BCUT2D eigenvalue weighted by atomic mass is 16.5. The number of ether oxygens (including phenoxy) is 2. The summed E-state index contributed by atoms with van der Waals surface area (Å²) in [4.78, 5) is 15.3. The lowest BCUT2D eigenvalue weighted by Gasteiger charge is -2.33. The van der Waals surface area contributed by atoms with Gasteiger partial charge in [-0.25, -0.2) is 9.99 Å². The normalized spacial score (nSPS) is 17.2. The SMILES string of the molecule is COc1ccc(C/C=N\N2CN=CC=C2OC2CCN(c3nc(C(C)C)no3)CC2)c(C)n1. The Morgan fingerprint density at radius 2 is 2.06 bits per heavy atom. The number of rotatable bonds is 8. The van der Waals surface area contributed by atoms with Crippen LogP contribution < -0.4 is 9.64 Å². The number of pyridine rings is 1. The molecule has 2 aromatic rings. The van der Waals surface area contributed by atoms with E-state index in [9.17, 15) is 0 Å². The highest BCUT2D eigenvalue weighted by molar-refractivity contribution is 5.72. The topological polar surface area (TPSA) is 101 Å². The number of aromatic nitrogens is 3. The summed E-state index contributed by atoms with van der Waals surface area (Å²) in [5.41, 5.74) is 2.03. The van der Waals surface area contributed by atoms with Crippen molar-refractivity contribution in [2.45, 2.75) is 52.1 Å². The van der Waals surface area contributed by atoms with Gasteiger partial charge in [0.2, 0.25) is 11.8 Å². The quantitative estimate of drug-likeness (QED) is 0.561. The highest BCUT2D eigenvalue weighted by Gasteiger charge is 2.26. The molecule has 2 aliphatic rings. The van der Waals surface area contributed by atoms with E-state index in [4.69, 9.17) is 14.0 Å². The predicted molar refractivity (Wildman–Crippen MR) is 126 cm³/mol. The summed E-state index contributed by atoms with van der Waals surface area (Å²) in [5, 5.41) is 10.4. The maximum Gasteiger partial charge on any atom is 0.324 e.